The van der Waals surface area contributed by atoms with Crippen molar-refractivity contribution in [1.29, 1.82) is 0 Å². The SMILES string of the molecule is O=C(NC[C@H]1CCCc2ccccc21)c1sccc1S(=O)(=O)N1CCCCC1. The largest absolute Gasteiger partial charge is 0.351 e. The highest BCUT2D eigenvalue weighted by Crippen LogP contribution is 2.31. The van der Waals surface area contributed by atoms with Crippen molar-refractivity contribution in [3.05, 3.63) is 51.7 Å². The second kappa shape index (κ2) is 8.35. The summed E-state index contributed by atoms with van der Waals surface area (Å²) in [5.41, 5.74) is 2.67. The number of piperidine rings is 1. The summed E-state index contributed by atoms with van der Waals surface area (Å²) < 4.78 is 27.5. The number of nitrogens with one attached hydrogen (secondary N) is 1. The molecule has 150 valence electrons. The summed E-state index contributed by atoms with van der Waals surface area (Å²) in [4.78, 5) is 13.3. The first-order valence-corrected chi connectivity index (χ1v) is 12.3. The number of carbonyl (C=O) groups excluding carboxylic acids is 1. The highest BCUT2D eigenvalue weighted by molar-refractivity contribution is 7.89. The summed E-state index contributed by atoms with van der Waals surface area (Å²) in [6.07, 6.45) is 6.07. The molecule has 0 unspecified atom stereocenters. The molecule has 7 heteroatoms. The molecule has 1 amide bonds. The molecular formula is C21H26N2O3S2. The van der Waals surface area contributed by atoms with Crippen molar-refractivity contribution < 1.29 is 13.2 Å². The zero-order valence-corrected chi connectivity index (χ0v) is 17.5. The second-order valence-corrected chi connectivity index (χ2v) is 10.4. The van der Waals surface area contributed by atoms with Gasteiger partial charge in [0.1, 0.15) is 9.77 Å². The van der Waals surface area contributed by atoms with Crippen molar-refractivity contribution in [3.8, 4) is 0 Å². The number of aryl methyl sites for hydroxylation is 1. The third-order valence-corrected chi connectivity index (χ3v) is 8.75. The van der Waals surface area contributed by atoms with Crippen LogP contribution >= 0.6 is 11.3 Å². The van der Waals surface area contributed by atoms with Gasteiger partial charge >= 0.3 is 0 Å². The van der Waals surface area contributed by atoms with E-state index in [4.69, 9.17) is 0 Å². The number of hydrogen-bond donors (Lipinski definition) is 1. The maximum atomic E-state index is 13.0. The Labute approximate surface area is 170 Å². The third-order valence-electron chi connectivity index (χ3n) is 5.77. The second-order valence-electron chi connectivity index (χ2n) is 7.58. The third kappa shape index (κ3) is 3.88. The maximum absolute atomic E-state index is 13.0. The highest BCUT2D eigenvalue weighted by Gasteiger charge is 2.31. The van der Waals surface area contributed by atoms with E-state index in [2.05, 4.69) is 23.5 Å². The Morgan fingerprint density at radius 2 is 1.89 bits per heavy atom. The van der Waals surface area contributed by atoms with Crippen molar-refractivity contribution in [2.24, 2.45) is 0 Å². The van der Waals surface area contributed by atoms with Crippen LogP contribution in [-0.2, 0) is 16.4 Å². The number of rotatable bonds is 5. The van der Waals surface area contributed by atoms with Crippen LogP contribution in [0.3, 0.4) is 0 Å². The fourth-order valence-corrected chi connectivity index (χ4v) is 7.11. The summed E-state index contributed by atoms with van der Waals surface area (Å²) in [6.45, 7) is 1.62. The standard InChI is InChI=1S/C21H26N2O3S2/c24-21(22-15-17-9-6-8-16-7-2-3-10-18(16)17)20-19(11-14-27-20)28(25,26)23-12-4-1-5-13-23/h2-3,7,10-11,14,17H,1,4-6,8-9,12-13,15H2,(H,22,24)/t17-/m1/s1. The first-order valence-electron chi connectivity index (χ1n) is 10.0. The topological polar surface area (TPSA) is 66.5 Å². The fourth-order valence-electron chi connectivity index (χ4n) is 4.27. The van der Waals surface area contributed by atoms with E-state index in [1.165, 1.54) is 26.8 Å². The van der Waals surface area contributed by atoms with Gasteiger partial charge in [-0.1, -0.05) is 30.7 Å². The number of carbonyl (C=O) groups is 1. The molecule has 2 heterocycles. The molecule has 5 nitrogen and oxygen atoms in total. The number of benzene rings is 1. The Bertz CT molecular complexity index is 946. The van der Waals surface area contributed by atoms with E-state index in [9.17, 15) is 13.2 Å². The maximum Gasteiger partial charge on any atom is 0.262 e. The van der Waals surface area contributed by atoms with E-state index < -0.39 is 10.0 Å². The average Bonchev–Trinajstić information content (AvgIpc) is 3.23. The Morgan fingerprint density at radius 3 is 2.71 bits per heavy atom. The first kappa shape index (κ1) is 19.6. The fraction of sp³-hybridized carbons (Fsp3) is 0.476. The first-order chi connectivity index (χ1) is 13.6. The van der Waals surface area contributed by atoms with Crippen LogP contribution in [0.25, 0.3) is 0 Å². The zero-order chi connectivity index (χ0) is 19.6. The molecule has 1 saturated heterocycles. The molecular weight excluding hydrogens is 392 g/mol. The van der Waals surface area contributed by atoms with Gasteiger partial charge in [0.2, 0.25) is 10.0 Å². The van der Waals surface area contributed by atoms with Crippen LogP contribution < -0.4 is 5.32 Å². The molecule has 1 N–H and O–H groups in total. The van der Waals surface area contributed by atoms with Crippen LogP contribution in [0, 0.1) is 0 Å². The highest BCUT2D eigenvalue weighted by atomic mass is 32.2. The predicted molar refractivity (Wildman–Crippen MR) is 111 cm³/mol. The summed E-state index contributed by atoms with van der Waals surface area (Å²) >= 11 is 1.20. The van der Waals surface area contributed by atoms with Crippen LogP contribution in [0.15, 0.2) is 40.6 Å². The van der Waals surface area contributed by atoms with E-state index in [1.807, 2.05) is 6.07 Å². The molecule has 1 aromatic heterocycles. The Balaban J connectivity index is 1.48. The van der Waals surface area contributed by atoms with Crippen LogP contribution in [-0.4, -0.2) is 38.3 Å². The van der Waals surface area contributed by atoms with Gasteiger partial charge in [0.25, 0.3) is 5.91 Å². The van der Waals surface area contributed by atoms with Gasteiger partial charge in [-0.15, -0.1) is 11.3 Å². The smallest absolute Gasteiger partial charge is 0.262 e. The lowest BCUT2D eigenvalue weighted by Gasteiger charge is -2.26. The summed E-state index contributed by atoms with van der Waals surface area (Å²) in [7, 11) is -3.60. The number of sulfonamides is 1. The van der Waals surface area contributed by atoms with E-state index in [0.717, 1.165) is 38.5 Å². The molecule has 1 aromatic carbocycles. The van der Waals surface area contributed by atoms with E-state index >= 15 is 0 Å². The molecule has 1 aliphatic heterocycles. The monoisotopic (exact) mass is 418 g/mol. The lowest BCUT2D eigenvalue weighted by atomic mass is 9.83. The minimum atomic E-state index is -3.60. The quantitative estimate of drug-likeness (QED) is 0.804. The van der Waals surface area contributed by atoms with E-state index in [-0.39, 0.29) is 16.7 Å². The number of nitrogens with zero attached hydrogens (tertiary/aromatic N) is 1. The number of amides is 1. The summed E-state index contributed by atoms with van der Waals surface area (Å²) in [5.74, 6) is 0.00431. The molecule has 2 aromatic rings. The van der Waals surface area contributed by atoms with Crippen molar-refractivity contribution in [2.75, 3.05) is 19.6 Å². The van der Waals surface area contributed by atoms with Gasteiger partial charge in [-0.2, -0.15) is 4.31 Å². The normalized spacial score (nSPS) is 20.5. The van der Waals surface area contributed by atoms with Crippen LogP contribution in [0.4, 0.5) is 0 Å². The molecule has 1 fully saturated rings. The van der Waals surface area contributed by atoms with Gasteiger partial charge < -0.3 is 5.32 Å². The molecule has 0 saturated carbocycles. The molecule has 4 rings (SSSR count). The minimum Gasteiger partial charge on any atom is -0.351 e. The molecule has 1 atom stereocenters. The van der Waals surface area contributed by atoms with Gasteiger partial charge in [-0.25, -0.2) is 8.42 Å². The van der Waals surface area contributed by atoms with E-state index in [0.29, 0.717) is 24.5 Å². The molecule has 0 radical (unpaired) electrons. The van der Waals surface area contributed by atoms with Gasteiger partial charge in [0.15, 0.2) is 0 Å². The Kier molecular flexibility index (Phi) is 5.85. The number of fused-ring (bicyclic) bond motifs is 1. The number of hydrogen-bond acceptors (Lipinski definition) is 4. The van der Waals surface area contributed by atoms with Crippen molar-refractivity contribution in [1.82, 2.24) is 9.62 Å². The molecule has 0 bridgehead atoms. The predicted octanol–water partition coefficient (Wildman–Crippen LogP) is 3.77. The van der Waals surface area contributed by atoms with E-state index in [1.54, 1.807) is 11.4 Å². The minimum absolute atomic E-state index is 0.154. The number of thiophene rings is 1. The van der Waals surface area contributed by atoms with Gasteiger partial charge in [-0.05, 0) is 54.7 Å². The molecule has 2 aliphatic rings. The van der Waals surface area contributed by atoms with Crippen LogP contribution in [0.2, 0.25) is 0 Å². The Hall–Kier alpha value is -1.70. The van der Waals surface area contributed by atoms with Crippen LogP contribution in [0.5, 0.6) is 0 Å². The van der Waals surface area contributed by atoms with Crippen molar-refractivity contribution in [3.63, 3.8) is 0 Å². The van der Waals surface area contributed by atoms with Crippen LogP contribution in [0.1, 0.15) is 58.8 Å². The summed E-state index contributed by atoms with van der Waals surface area (Å²) in [5, 5.41) is 4.70. The molecule has 28 heavy (non-hydrogen) atoms. The Morgan fingerprint density at radius 1 is 1.11 bits per heavy atom. The van der Waals surface area contributed by atoms with Gasteiger partial charge in [0, 0.05) is 25.6 Å². The zero-order valence-electron chi connectivity index (χ0n) is 15.9. The average molecular weight is 419 g/mol. The lowest BCUT2D eigenvalue weighted by Crippen LogP contribution is -2.37. The van der Waals surface area contributed by atoms with Gasteiger partial charge in [0.05, 0.1) is 0 Å². The van der Waals surface area contributed by atoms with Gasteiger partial charge in [-0.3, -0.25) is 4.79 Å². The van der Waals surface area contributed by atoms with Crippen molar-refractivity contribution >= 4 is 27.3 Å². The summed E-state index contributed by atoms with van der Waals surface area (Å²) in [6, 6.07) is 9.97. The lowest BCUT2D eigenvalue weighted by molar-refractivity contribution is 0.0951. The molecule has 0 spiro atoms. The van der Waals surface area contributed by atoms with Crippen molar-refractivity contribution in [2.45, 2.75) is 49.3 Å². The molecule has 1 aliphatic carbocycles.